The van der Waals surface area contributed by atoms with Crippen LogP contribution in [0.2, 0.25) is 0 Å². The molecule has 0 fully saturated rings. The second-order valence-electron chi connectivity index (χ2n) is 4.84. The molecule has 2 aromatic rings. The molecule has 104 valence electrons. The largest absolute Gasteiger partial charge is 0.176 e. The van der Waals surface area contributed by atoms with Gasteiger partial charge >= 0.3 is 0 Å². The maximum atomic E-state index is 6.44. The van der Waals surface area contributed by atoms with Crippen molar-refractivity contribution in [3.63, 3.8) is 0 Å². The number of azo groups is 1. The highest BCUT2D eigenvalue weighted by Crippen LogP contribution is 2.35. The Morgan fingerprint density at radius 3 is 1.25 bits per heavy atom. The lowest BCUT2D eigenvalue weighted by molar-refractivity contribution is 0.578. The zero-order chi connectivity index (χ0) is 14.6. The van der Waals surface area contributed by atoms with Crippen LogP contribution in [-0.2, 0) is 10.00 Å². The van der Waals surface area contributed by atoms with Gasteiger partial charge in [0, 0.05) is 0 Å². The fraction of sp³-hybridized carbons (Fsp3) is 0.250. The van der Waals surface area contributed by atoms with Crippen LogP contribution in [-0.4, -0.2) is 0 Å². The summed E-state index contributed by atoms with van der Waals surface area (Å²) in [6.45, 7) is 3.59. The summed E-state index contributed by atoms with van der Waals surface area (Å²) in [6.07, 6.45) is 0. The van der Waals surface area contributed by atoms with Gasteiger partial charge < -0.3 is 0 Å². The standard InChI is InChI=1S/C16H16Cl2N2/c1-15(17,13-9-5-3-6-10-13)19-20-16(2,18)14-11-7-4-8-12-14/h3-12H,1-2H3/b20-19+. The van der Waals surface area contributed by atoms with Crippen molar-refractivity contribution in [1.82, 2.24) is 0 Å². The van der Waals surface area contributed by atoms with E-state index in [-0.39, 0.29) is 0 Å². The number of benzene rings is 2. The minimum absolute atomic E-state index is 0.881. The Balaban J connectivity index is 2.24. The number of hydrogen-bond acceptors (Lipinski definition) is 2. The van der Waals surface area contributed by atoms with E-state index in [0.29, 0.717) is 0 Å². The zero-order valence-corrected chi connectivity index (χ0v) is 12.9. The molecule has 2 unspecified atom stereocenters. The average Bonchev–Trinajstić information content (AvgIpc) is 2.47. The molecule has 0 bridgehead atoms. The summed E-state index contributed by atoms with van der Waals surface area (Å²) in [5, 5.41) is 8.47. The van der Waals surface area contributed by atoms with Gasteiger partial charge in [-0.3, -0.25) is 0 Å². The predicted octanol–water partition coefficient (Wildman–Crippen LogP) is 5.66. The first-order valence-corrected chi connectivity index (χ1v) is 7.10. The Morgan fingerprint density at radius 1 is 0.650 bits per heavy atom. The average molecular weight is 307 g/mol. The number of hydrogen-bond donors (Lipinski definition) is 0. The molecule has 0 aliphatic heterocycles. The molecule has 0 saturated carbocycles. The van der Waals surface area contributed by atoms with E-state index >= 15 is 0 Å². The van der Waals surface area contributed by atoms with Crippen LogP contribution in [0.1, 0.15) is 25.0 Å². The van der Waals surface area contributed by atoms with Crippen LogP contribution in [0, 0.1) is 0 Å². The quantitative estimate of drug-likeness (QED) is 0.395. The van der Waals surface area contributed by atoms with E-state index in [4.69, 9.17) is 23.2 Å². The van der Waals surface area contributed by atoms with Gasteiger partial charge in [0.05, 0.1) is 0 Å². The molecule has 0 radical (unpaired) electrons. The Bertz CT molecular complexity index is 524. The normalized spacial score (nSPS) is 17.6. The summed E-state index contributed by atoms with van der Waals surface area (Å²) >= 11 is 12.9. The highest BCUT2D eigenvalue weighted by Gasteiger charge is 2.27. The van der Waals surface area contributed by atoms with Gasteiger partial charge in [0.15, 0.2) is 10.00 Å². The first kappa shape index (κ1) is 15.0. The van der Waals surface area contributed by atoms with Gasteiger partial charge in [0.25, 0.3) is 0 Å². The molecular formula is C16H16Cl2N2. The number of alkyl halides is 2. The van der Waals surface area contributed by atoms with Crippen molar-refractivity contribution in [3.8, 4) is 0 Å². The molecule has 0 spiro atoms. The van der Waals surface area contributed by atoms with E-state index in [1.807, 2.05) is 60.7 Å². The molecule has 0 aliphatic rings. The van der Waals surface area contributed by atoms with E-state index in [1.54, 1.807) is 13.8 Å². The first-order valence-electron chi connectivity index (χ1n) is 6.35. The van der Waals surface area contributed by atoms with Crippen LogP contribution in [0.4, 0.5) is 0 Å². The van der Waals surface area contributed by atoms with Gasteiger partial charge in [-0.1, -0.05) is 83.9 Å². The van der Waals surface area contributed by atoms with E-state index in [1.165, 1.54) is 0 Å². The van der Waals surface area contributed by atoms with E-state index in [2.05, 4.69) is 10.2 Å². The van der Waals surface area contributed by atoms with Gasteiger partial charge in [-0.15, -0.1) is 0 Å². The molecule has 0 aliphatic carbocycles. The van der Waals surface area contributed by atoms with Crippen LogP contribution in [0.5, 0.6) is 0 Å². The van der Waals surface area contributed by atoms with Crippen molar-refractivity contribution in [1.29, 1.82) is 0 Å². The van der Waals surface area contributed by atoms with Crippen molar-refractivity contribution < 1.29 is 0 Å². The van der Waals surface area contributed by atoms with Crippen molar-refractivity contribution in [3.05, 3.63) is 71.8 Å². The van der Waals surface area contributed by atoms with Crippen LogP contribution in [0.25, 0.3) is 0 Å². The van der Waals surface area contributed by atoms with Crippen molar-refractivity contribution in [2.45, 2.75) is 23.8 Å². The fourth-order valence-electron chi connectivity index (χ4n) is 1.79. The molecule has 0 N–H and O–H groups in total. The van der Waals surface area contributed by atoms with Gasteiger partial charge in [-0.25, -0.2) is 0 Å². The molecule has 2 atom stereocenters. The lowest BCUT2D eigenvalue weighted by atomic mass is 10.1. The Morgan fingerprint density at radius 2 is 0.950 bits per heavy atom. The van der Waals surface area contributed by atoms with E-state index in [9.17, 15) is 0 Å². The molecule has 0 aromatic heterocycles. The zero-order valence-electron chi connectivity index (χ0n) is 11.4. The fourth-order valence-corrected chi connectivity index (χ4v) is 2.12. The summed E-state index contributed by atoms with van der Waals surface area (Å²) in [4.78, 5) is -1.85. The van der Waals surface area contributed by atoms with Gasteiger partial charge in [0.2, 0.25) is 0 Å². The first-order chi connectivity index (χ1) is 9.42. The van der Waals surface area contributed by atoms with E-state index in [0.717, 1.165) is 11.1 Å². The van der Waals surface area contributed by atoms with Crippen molar-refractivity contribution >= 4 is 23.2 Å². The highest BCUT2D eigenvalue weighted by atomic mass is 35.5. The summed E-state index contributed by atoms with van der Waals surface area (Å²) < 4.78 is 0. The van der Waals surface area contributed by atoms with E-state index < -0.39 is 10.00 Å². The number of nitrogens with zero attached hydrogens (tertiary/aromatic N) is 2. The summed E-state index contributed by atoms with van der Waals surface area (Å²) in [7, 11) is 0. The molecular weight excluding hydrogens is 291 g/mol. The van der Waals surface area contributed by atoms with Gasteiger partial charge in [-0.05, 0) is 25.0 Å². The lowest BCUT2D eigenvalue weighted by Gasteiger charge is -2.20. The SMILES string of the molecule is CC(Cl)(/N=N/C(C)(Cl)c1ccccc1)c1ccccc1. The van der Waals surface area contributed by atoms with Crippen LogP contribution >= 0.6 is 23.2 Å². The summed E-state index contributed by atoms with van der Waals surface area (Å²) in [5.74, 6) is 0. The maximum absolute atomic E-state index is 6.44. The third-order valence-electron chi connectivity index (χ3n) is 3.03. The smallest absolute Gasteiger partial charge is 0.164 e. The Hall–Kier alpha value is -1.38. The number of rotatable bonds is 4. The number of halogens is 2. The molecule has 0 saturated heterocycles. The molecule has 2 nitrogen and oxygen atoms in total. The van der Waals surface area contributed by atoms with Crippen molar-refractivity contribution in [2.24, 2.45) is 10.2 Å². The third-order valence-corrected chi connectivity index (χ3v) is 3.61. The molecule has 2 aromatic carbocycles. The van der Waals surface area contributed by atoms with Crippen LogP contribution in [0.3, 0.4) is 0 Å². The minimum atomic E-state index is -0.924. The third kappa shape index (κ3) is 3.59. The van der Waals surface area contributed by atoms with Gasteiger partial charge in [0.1, 0.15) is 0 Å². The minimum Gasteiger partial charge on any atom is -0.164 e. The topological polar surface area (TPSA) is 24.7 Å². The highest BCUT2D eigenvalue weighted by molar-refractivity contribution is 6.24. The molecule has 2 rings (SSSR count). The monoisotopic (exact) mass is 306 g/mol. The van der Waals surface area contributed by atoms with Crippen LogP contribution < -0.4 is 0 Å². The molecule has 0 amide bonds. The Kier molecular flexibility index (Phi) is 4.46. The van der Waals surface area contributed by atoms with Gasteiger partial charge in [-0.2, -0.15) is 10.2 Å². The van der Waals surface area contributed by atoms with Crippen molar-refractivity contribution in [2.75, 3.05) is 0 Å². The molecule has 4 heteroatoms. The predicted molar refractivity (Wildman–Crippen MR) is 84.2 cm³/mol. The molecule has 0 heterocycles. The molecule has 20 heavy (non-hydrogen) atoms. The summed E-state index contributed by atoms with van der Waals surface area (Å²) in [6, 6.07) is 19.2. The second kappa shape index (κ2) is 5.94. The maximum Gasteiger partial charge on any atom is 0.176 e. The summed E-state index contributed by atoms with van der Waals surface area (Å²) in [5.41, 5.74) is 1.76. The second-order valence-corrected chi connectivity index (χ2v) is 6.31. The Labute approximate surface area is 129 Å². The lowest BCUT2D eigenvalue weighted by Crippen LogP contribution is -2.14. The van der Waals surface area contributed by atoms with Crippen LogP contribution in [0.15, 0.2) is 70.9 Å².